The summed E-state index contributed by atoms with van der Waals surface area (Å²) in [4.78, 5) is 10.7. The second-order valence-electron chi connectivity index (χ2n) is 3.53. The van der Waals surface area contributed by atoms with Crippen molar-refractivity contribution in [2.75, 3.05) is 0 Å². The number of phenols is 1. The molecule has 0 fully saturated rings. The molecule has 0 spiro atoms. The van der Waals surface area contributed by atoms with E-state index in [4.69, 9.17) is 5.11 Å². The van der Waals surface area contributed by atoms with Crippen molar-refractivity contribution < 1.29 is 20.1 Å². The van der Waals surface area contributed by atoms with Gasteiger partial charge in [0.05, 0.1) is 0 Å². The average Bonchev–Trinajstić information content (AvgIpc) is 2.10. The second kappa shape index (κ2) is 4.20. The molecule has 0 radical (unpaired) electrons. The molecule has 0 bridgehead atoms. The van der Waals surface area contributed by atoms with Crippen molar-refractivity contribution in [3.05, 3.63) is 28.2 Å². The summed E-state index contributed by atoms with van der Waals surface area (Å²) in [5.41, 5.74) is -1.49. The zero-order valence-corrected chi connectivity index (χ0v) is 9.65. The molecule has 0 saturated carbocycles. The smallest absolute Gasteiger partial charge is 0.335 e. The number of aliphatic hydroxyl groups is 1. The van der Waals surface area contributed by atoms with Crippen molar-refractivity contribution in [3.63, 3.8) is 0 Å². The number of carboxylic acids is 1. The summed E-state index contributed by atoms with van der Waals surface area (Å²) in [5.74, 6) is -1.35. The fraction of sp³-hybridized carbons (Fsp3) is 0.300. The molecule has 1 atom stereocenters. The lowest BCUT2D eigenvalue weighted by atomic mass is 9.96. The zero-order chi connectivity index (χ0) is 11.6. The summed E-state index contributed by atoms with van der Waals surface area (Å²) >= 11 is 3.20. The van der Waals surface area contributed by atoms with E-state index in [0.29, 0.717) is 5.56 Å². The third-order valence-corrected chi connectivity index (χ3v) is 2.53. The van der Waals surface area contributed by atoms with Crippen molar-refractivity contribution >= 4 is 21.9 Å². The molecule has 4 nitrogen and oxygen atoms in total. The zero-order valence-electron chi connectivity index (χ0n) is 8.07. The van der Waals surface area contributed by atoms with Gasteiger partial charge in [-0.3, -0.25) is 0 Å². The summed E-state index contributed by atoms with van der Waals surface area (Å²) in [5, 5.41) is 27.7. The summed E-state index contributed by atoms with van der Waals surface area (Å²) in [7, 11) is 0. The van der Waals surface area contributed by atoms with Crippen molar-refractivity contribution in [2.45, 2.75) is 18.9 Å². The molecular weight excluding hydrogens is 264 g/mol. The van der Waals surface area contributed by atoms with Gasteiger partial charge < -0.3 is 15.3 Å². The van der Waals surface area contributed by atoms with Gasteiger partial charge in [-0.15, -0.1) is 0 Å². The van der Waals surface area contributed by atoms with Crippen LogP contribution in [0.4, 0.5) is 0 Å². The Morgan fingerprint density at radius 2 is 2.13 bits per heavy atom. The number of carboxylic acid groups (broad SMARTS) is 1. The predicted molar refractivity (Wildman–Crippen MR) is 57.8 cm³/mol. The molecule has 1 unspecified atom stereocenters. The Labute approximate surface area is 95.3 Å². The number of benzene rings is 1. The first kappa shape index (κ1) is 12.0. The number of halogens is 1. The van der Waals surface area contributed by atoms with Gasteiger partial charge in [0.25, 0.3) is 0 Å². The number of phenolic OH excluding ortho intramolecular Hbond substituents is 1. The fourth-order valence-electron chi connectivity index (χ4n) is 1.14. The monoisotopic (exact) mass is 274 g/mol. The van der Waals surface area contributed by atoms with Crippen LogP contribution in [-0.2, 0) is 11.2 Å². The molecule has 0 heterocycles. The van der Waals surface area contributed by atoms with Crippen LogP contribution in [0.25, 0.3) is 0 Å². The maximum atomic E-state index is 10.7. The average molecular weight is 275 g/mol. The number of hydrogen-bond acceptors (Lipinski definition) is 3. The molecule has 0 aliphatic heterocycles. The van der Waals surface area contributed by atoms with Gasteiger partial charge in [-0.2, -0.15) is 0 Å². The molecule has 1 aromatic rings. The Hall–Kier alpha value is -1.07. The first-order chi connectivity index (χ1) is 6.83. The minimum absolute atomic E-state index is 0.0280. The van der Waals surface area contributed by atoms with Crippen molar-refractivity contribution in [1.82, 2.24) is 0 Å². The van der Waals surface area contributed by atoms with E-state index in [0.717, 1.165) is 4.47 Å². The normalized spacial score (nSPS) is 14.6. The Morgan fingerprint density at radius 3 is 2.67 bits per heavy atom. The van der Waals surface area contributed by atoms with Crippen LogP contribution in [0.1, 0.15) is 12.5 Å². The van der Waals surface area contributed by atoms with Gasteiger partial charge in [0, 0.05) is 10.9 Å². The third-order valence-electron chi connectivity index (χ3n) is 2.04. The maximum Gasteiger partial charge on any atom is 0.335 e. The van der Waals surface area contributed by atoms with E-state index < -0.39 is 11.6 Å². The van der Waals surface area contributed by atoms with Crippen LogP contribution in [-0.4, -0.2) is 26.9 Å². The molecule has 0 aliphatic carbocycles. The number of carbonyl (C=O) groups is 1. The summed E-state index contributed by atoms with van der Waals surface area (Å²) in [6, 6.07) is 4.65. The Balaban J connectivity index is 2.99. The van der Waals surface area contributed by atoms with Crippen LogP contribution in [0.2, 0.25) is 0 Å². The number of aliphatic carboxylic acids is 1. The number of aromatic hydroxyl groups is 1. The van der Waals surface area contributed by atoms with E-state index in [1.165, 1.54) is 13.0 Å². The molecule has 3 N–H and O–H groups in total. The summed E-state index contributed by atoms with van der Waals surface area (Å²) in [6.45, 7) is 1.19. The molecule has 82 valence electrons. The highest BCUT2D eigenvalue weighted by molar-refractivity contribution is 9.10. The minimum Gasteiger partial charge on any atom is -0.508 e. The van der Waals surface area contributed by atoms with E-state index in [2.05, 4.69) is 15.9 Å². The van der Waals surface area contributed by atoms with Crippen LogP contribution in [0, 0.1) is 0 Å². The van der Waals surface area contributed by atoms with Gasteiger partial charge in [-0.1, -0.05) is 15.9 Å². The Morgan fingerprint density at radius 1 is 1.53 bits per heavy atom. The number of rotatable bonds is 3. The van der Waals surface area contributed by atoms with Gasteiger partial charge >= 0.3 is 5.97 Å². The lowest BCUT2D eigenvalue weighted by Gasteiger charge is -2.18. The van der Waals surface area contributed by atoms with Gasteiger partial charge in [-0.05, 0) is 30.7 Å². The van der Waals surface area contributed by atoms with Gasteiger partial charge in [0.1, 0.15) is 5.75 Å². The van der Waals surface area contributed by atoms with Crippen LogP contribution in [0.15, 0.2) is 22.7 Å². The van der Waals surface area contributed by atoms with E-state index in [1.54, 1.807) is 12.1 Å². The Bertz CT molecular complexity index is 387. The van der Waals surface area contributed by atoms with Crippen molar-refractivity contribution in [2.24, 2.45) is 0 Å². The van der Waals surface area contributed by atoms with Crippen LogP contribution in [0.5, 0.6) is 5.75 Å². The molecule has 15 heavy (non-hydrogen) atoms. The molecule has 0 aliphatic rings. The SMILES string of the molecule is CC(O)(Cc1cc(Br)ccc1O)C(=O)O. The first-order valence-corrected chi connectivity index (χ1v) is 5.05. The lowest BCUT2D eigenvalue weighted by Crippen LogP contribution is -2.37. The summed E-state index contributed by atoms with van der Waals surface area (Å²) < 4.78 is 0.719. The lowest BCUT2D eigenvalue weighted by molar-refractivity contribution is -0.156. The first-order valence-electron chi connectivity index (χ1n) is 4.26. The fourth-order valence-corrected chi connectivity index (χ4v) is 1.55. The van der Waals surface area contributed by atoms with Gasteiger partial charge in [0.2, 0.25) is 0 Å². The third kappa shape index (κ3) is 2.94. The van der Waals surface area contributed by atoms with Crippen molar-refractivity contribution in [1.29, 1.82) is 0 Å². The summed E-state index contributed by atoms with van der Waals surface area (Å²) in [6.07, 6.45) is -0.145. The van der Waals surface area contributed by atoms with E-state index in [9.17, 15) is 15.0 Å². The van der Waals surface area contributed by atoms with Crippen LogP contribution in [0.3, 0.4) is 0 Å². The van der Waals surface area contributed by atoms with Gasteiger partial charge in [0.15, 0.2) is 5.60 Å². The Kier molecular flexibility index (Phi) is 3.36. The van der Waals surface area contributed by atoms with E-state index >= 15 is 0 Å². The molecule has 0 amide bonds. The molecule has 0 aromatic heterocycles. The topological polar surface area (TPSA) is 77.8 Å². The second-order valence-corrected chi connectivity index (χ2v) is 4.44. The highest BCUT2D eigenvalue weighted by Crippen LogP contribution is 2.25. The molecule has 5 heteroatoms. The number of hydrogen-bond donors (Lipinski definition) is 3. The molecule has 1 aromatic carbocycles. The largest absolute Gasteiger partial charge is 0.508 e. The molecule has 1 rings (SSSR count). The van der Waals surface area contributed by atoms with E-state index in [1.807, 2.05) is 0 Å². The highest BCUT2D eigenvalue weighted by Gasteiger charge is 2.31. The van der Waals surface area contributed by atoms with Crippen molar-refractivity contribution in [3.8, 4) is 5.75 Å². The maximum absolute atomic E-state index is 10.7. The highest BCUT2D eigenvalue weighted by atomic mass is 79.9. The predicted octanol–water partition coefficient (Wildman–Crippen LogP) is 1.53. The standard InChI is InChI=1S/C10H11BrO4/c1-10(15,9(13)14)5-6-4-7(11)2-3-8(6)12/h2-4,12,15H,5H2,1H3,(H,13,14). The van der Waals surface area contributed by atoms with E-state index in [-0.39, 0.29) is 12.2 Å². The molecular formula is C10H11BrO4. The van der Waals surface area contributed by atoms with Crippen LogP contribution < -0.4 is 0 Å². The quantitative estimate of drug-likeness (QED) is 0.781. The minimum atomic E-state index is -1.88. The van der Waals surface area contributed by atoms with Crippen LogP contribution >= 0.6 is 15.9 Å². The molecule has 0 saturated heterocycles. The van der Waals surface area contributed by atoms with Gasteiger partial charge in [-0.25, -0.2) is 4.79 Å².